The zero-order valence-corrected chi connectivity index (χ0v) is 29.1. The third-order valence-electron chi connectivity index (χ3n) is 7.70. The highest BCUT2D eigenvalue weighted by Crippen LogP contribution is 2.32. The van der Waals surface area contributed by atoms with Crippen molar-refractivity contribution in [2.45, 2.75) is 125 Å². The van der Waals surface area contributed by atoms with Gasteiger partial charge in [0.15, 0.2) is 0 Å². The van der Waals surface area contributed by atoms with Crippen LogP contribution in [0.1, 0.15) is 115 Å². The zero-order valence-electron chi connectivity index (χ0n) is 28.3. The van der Waals surface area contributed by atoms with Gasteiger partial charge >= 0.3 is 6.09 Å². The molecule has 7 nitrogen and oxygen atoms in total. The molecule has 2 rings (SSSR count). The van der Waals surface area contributed by atoms with Gasteiger partial charge in [-0.05, 0) is 88.6 Å². The number of hydrogen-bond acceptors (Lipinski definition) is 4. The monoisotopic (exact) mass is 627 g/mol. The first-order chi connectivity index (χ1) is 20.7. The Balaban J connectivity index is 2.62. The van der Waals surface area contributed by atoms with Crippen molar-refractivity contribution in [2.24, 2.45) is 5.92 Å². The molecule has 0 radical (unpaired) electrons. The molecule has 0 spiro atoms. The molecule has 0 fully saturated rings. The maximum absolute atomic E-state index is 14.6. The summed E-state index contributed by atoms with van der Waals surface area (Å²) in [5, 5.41) is 6.32. The molecule has 2 aromatic carbocycles. The molecule has 8 heteroatoms. The molecule has 2 unspecified atom stereocenters. The lowest BCUT2D eigenvalue weighted by Crippen LogP contribution is -2.53. The summed E-state index contributed by atoms with van der Waals surface area (Å²) >= 11 is 6.53. The maximum atomic E-state index is 14.6. The first-order valence-electron chi connectivity index (χ1n) is 16.1. The Kier molecular flexibility index (Phi) is 14.7. The van der Waals surface area contributed by atoms with Gasteiger partial charge in [-0.2, -0.15) is 0 Å². The predicted molar refractivity (Wildman–Crippen MR) is 181 cm³/mol. The highest BCUT2D eigenvalue weighted by molar-refractivity contribution is 6.34. The van der Waals surface area contributed by atoms with Crippen LogP contribution >= 0.6 is 11.6 Å². The van der Waals surface area contributed by atoms with E-state index in [9.17, 15) is 14.4 Å². The number of rotatable bonds is 15. The number of halogens is 1. The highest BCUT2D eigenvalue weighted by atomic mass is 35.5. The van der Waals surface area contributed by atoms with E-state index >= 15 is 0 Å². The number of anilines is 1. The Morgan fingerprint density at radius 2 is 1.52 bits per heavy atom. The van der Waals surface area contributed by atoms with Crippen molar-refractivity contribution in [1.29, 1.82) is 0 Å². The quantitative estimate of drug-likeness (QED) is 0.193. The van der Waals surface area contributed by atoms with Gasteiger partial charge < -0.3 is 20.3 Å². The van der Waals surface area contributed by atoms with Crippen molar-refractivity contribution in [3.05, 3.63) is 63.7 Å². The number of para-hydroxylation sites is 1. The minimum atomic E-state index is -0.941. The van der Waals surface area contributed by atoms with E-state index in [2.05, 4.69) is 17.6 Å². The van der Waals surface area contributed by atoms with Crippen LogP contribution in [0.3, 0.4) is 0 Å². The molecule has 2 aromatic rings. The molecule has 0 heterocycles. The van der Waals surface area contributed by atoms with E-state index in [0.29, 0.717) is 23.7 Å². The van der Waals surface area contributed by atoms with Crippen LogP contribution in [-0.4, -0.2) is 41.0 Å². The van der Waals surface area contributed by atoms with E-state index in [1.54, 1.807) is 31.7 Å². The fraction of sp³-hybridized carbons (Fsp3) is 0.583. The molecule has 244 valence electrons. The lowest BCUT2D eigenvalue weighted by molar-refractivity contribution is -0.141. The Morgan fingerprint density at radius 1 is 0.909 bits per heavy atom. The Labute approximate surface area is 270 Å². The van der Waals surface area contributed by atoms with Crippen LogP contribution in [0.2, 0.25) is 5.02 Å². The lowest BCUT2D eigenvalue weighted by Gasteiger charge is -2.36. The number of alkyl carbamates (subject to hydrolysis) is 1. The van der Waals surface area contributed by atoms with Crippen LogP contribution in [0.4, 0.5) is 10.5 Å². The fourth-order valence-electron chi connectivity index (χ4n) is 5.27. The van der Waals surface area contributed by atoms with Crippen molar-refractivity contribution in [2.75, 3.05) is 11.9 Å². The van der Waals surface area contributed by atoms with Crippen LogP contribution in [-0.2, 0) is 14.3 Å². The van der Waals surface area contributed by atoms with E-state index in [4.69, 9.17) is 16.3 Å². The molecule has 2 atom stereocenters. The van der Waals surface area contributed by atoms with Crippen LogP contribution in [0, 0.1) is 26.7 Å². The summed E-state index contributed by atoms with van der Waals surface area (Å²) in [6, 6.07) is 9.47. The summed E-state index contributed by atoms with van der Waals surface area (Å²) in [5.74, 6) is -0.557. The summed E-state index contributed by atoms with van der Waals surface area (Å²) in [4.78, 5) is 43.6. The van der Waals surface area contributed by atoms with Gasteiger partial charge in [0.2, 0.25) is 5.91 Å². The van der Waals surface area contributed by atoms with Crippen molar-refractivity contribution >= 4 is 35.2 Å². The molecule has 0 aromatic heterocycles. The summed E-state index contributed by atoms with van der Waals surface area (Å²) < 4.78 is 5.53. The number of nitrogens with one attached hydrogen (secondary N) is 2. The molecule has 0 aliphatic carbocycles. The van der Waals surface area contributed by atoms with E-state index < -0.39 is 23.8 Å². The van der Waals surface area contributed by atoms with Crippen molar-refractivity contribution in [3.63, 3.8) is 0 Å². The summed E-state index contributed by atoms with van der Waals surface area (Å²) in [5.41, 5.74) is 3.32. The van der Waals surface area contributed by atoms with Gasteiger partial charge in [-0.15, -0.1) is 0 Å². The van der Waals surface area contributed by atoms with E-state index in [-0.39, 0.29) is 17.7 Å². The van der Waals surface area contributed by atoms with Crippen molar-refractivity contribution in [1.82, 2.24) is 10.2 Å². The Hall–Kier alpha value is -3.06. The summed E-state index contributed by atoms with van der Waals surface area (Å²) in [6.45, 7) is 17.8. The zero-order chi connectivity index (χ0) is 33.0. The fourth-order valence-corrected chi connectivity index (χ4v) is 5.54. The van der Waals surface area contributed by atoms with Gasteiger partial charge in [0.25, 0.3) is 5.91 Å². The Bertz CT molecular complexity index is 1230. The third-order valence-corrected chi connectivity index (χ3v) is 8.02. The first-order valence-corrected chi connectivity index (χ1v) is 16.5. The standard InChI is InChI=1S/C36H54ClN3O4/c1-10-11-12-13-14-15-22-40(34(42)30(23-24(2)3)38-35(43)44-36(7,8)9)32(28-20-16-18-25(4)27(28)6)33(41)39-31-26(5)19-17-21-29(31)37/h16-21,24,30,32H,10-15,22-23H2,1-9H3,(H,38,43)(H,39,41). The topological polar surface area (TPSA) is 87.7 Å². The minimum absolute atomic E-state index is 0.105. The first kappa shape index (κ1) is 37.1. The van der Waals surface area contributed by atoms with Gasteiger partial charge in [-0.3, -0.25) is 9.59 Å². The third kappa shape index (κ3) is 11.5. The van der Waals surface area contributed by atoms with Gasteiger partial charge in [-0.25, -0.2) is 4.79 Å². The number of ether oxygens (including phenoxy) is 1. The average molecular weight is 628 g/mol. The molecule has 0 aliphatic heterocycles. The molecule has 0 saturated carbocycles. The molecule has 3 amide bonds. The molecule has 0 bridgehead atoms. The number of benzene rings is 2. The molecular weight excluding hydrogens is 574 g/mol. The number of aryl methyl sites for hydroxylation is 2. The minimum Gasteiger partial charge on any atom is -0.444 e. The molecule has 2 N–H and O–H groups in total. The molecule has 0 aliphatic rings. The SMILES string of the molecule is CCCCCCCCN(C(=O)C(CC(C)C)NC(=O)OC(C)(C)C)C(C(=O)Nc1c(C)cccc1Cl)c1cccc(C)c1C. The van der Waals surface area contributed by atoms with Gasteiger partial charge in [0.1, 0.15) is 17.7 Å². The van der Waals surface area contributed by atoms with Crippen LogP contribution < -0.4 is 10.6 Å². The van der Waals surface area contributed by atoms with Gasteiger partial charge in [-0.1, -0.05) is 94.8 Å². The van der Waals surface area contributed by atoms with Crippen LogP contribution in [0.5, 0.6) is 0 Å². The van der Waals surface area contributed by atoms with Crippen molar-refractivity contribution in [3.8, 4) is 0 Å². The van der Waals surface area contributed by atoms with Crippen LogP contribution in [0.15, 0.2) is 36.4 Å². The van der Waals surface area contributed by atoms with Gasteiger partial charge in [0.05, 0.1) is 10.7 Å². The maximum Gasteiger partial charge on any atom is 0.408 e. The number of hydrogen-bond donors (Lipinski definition) is 2. The predicted octanol–water partition coefficient (Wildman–Crippen LogP) is 9.07. The summed E-state index contributed by atoms with van der Waals surface area (Å²) in [7, 11) is 0. The molecule has 0 saturated heterocycles. The highest BCUT2D eigenvalue weighted by Gasteiger charge is 2.37. The Morgan fingerprint density at radius 3 is 2.14 bits per heavy atom. The second kappa shape index (κ2) is 17.4. The number of carbonyl (C=O) groups is 3. The van der Waals surface area contributed by atoms with Crippen LogP contribution in [0.25, 0.3) is 0 Å². The average Bonchev–Trinajstić information content (AvgIpc) is 2.92. The summed E-state index contributed by atoms with van der Waals surface area (Å²) in [6.07, 6.45) is 5.91. The number of unbranched alkanes of at least 4 members (excludes halogenated alkanes) is 5. The number of amides is 3. The van der Waals surface area contributed by atoms with Crippen molar-refractivity contribution < 1.29 is 19.1 Å². The normalized spacial score (nSPS) is 12.9. The number of carbonyl (C=O) groups excluding carboxylic acids is 3. The van der Waals surface area contributed by atoms with Gasteiger partial charge in [0, 0.05) is 6.54 Å². The van der Waals surface area contributed by atoms with E-state index in [1.807, 2.05) is 65.0 Å². The largest absolute Gasteiger partial charge is 0.444 e. The van der Waals surface area contributed by atoms with E-state index in [0.717, 1.165) is 54.4 Å². The van der Waals surface area contributed by atoms with E-state index in [1.165, 1.54) is 6.42 Å². The second-order valence-electron chi connectivity index (χ2n) is 13.2. The second-order valence-corrected chi connectivity index (χ2v) is 13.6. The smallest absolute Gasteiger partial charge is 0.408 e. The molecule has 44 heavy (non-hydrogen) atoms. The lowest BCUT2D eigenvalue weighted by atomic mass is 9.93. The molecular formula is C36H54ClN3O4. The number of nitrogens with zero attached hydrogens (tertiary/aromatic N) is 1.